The number of aryl methyl sites for hydroxylation is 3. The molecule has 2 rings (SSSR count). The van der Waals surface area contributed by atoms with Crippen LogP contribution in [0.4, 0.5) is 0 Å². The highest BCUT2D eigenvalue weighted by atomic mass is 15.2. The Bertz CT molecular complexity index is 485. The maximum Gasteiger partial charge on any atom is 0.0947 e. The van der Waals surface area contributed by atoms with Gasteiger partial charge in [0, 0.05) is 26.5 Å². The van der Waals surface area contributed by atoms with E-state index in [-0.39, 0.29) is 0 Å². The van der Waals surface area contributed by atoms with Gasteiger partial charge in [-0.15, -0.1) is 0 Å². The fraction of sp³-hybridized carbons (Fsp3) is 0.538. The van der Waals surface area contributed by atoms with Crippen LogP contribution < -0.4 is 5.32 Å². The lowest BCUT2D eigenvalue weighted by Crippen LogP contribution is -2.21. The number of imidazole rings is 1. The van der Waals surface area contributed by atoms with Crippen molar-refractivity contribution in [3.05, 3.63) is 36.2 Å². The van der Waals surface area contributed by atoms with Gasteiger partial charge in [0.2, 0.25) is 0 Å². The van der Waals surface area contributed by atoms with E-state index in [0.29, 0.717) is 6.04 Å². The third-order valence-corrected chi connectivity index (χ3v) is 3.01. The van der Waals surface area contributed by atoms with E-state index in [2.05, 4.69) is 34.7 Å². The minimum absolute atomic E-state index is 0.316. The summed E-state index contributed by atoms with van der Waals surface area (Å²) in [6.07, 6.45) is 9.99. The third-order valence-electron chi connectivity index (χ3n) is 3.01. The standard InChI is InChI=1S/C13H21N5/c1-4-14-12(13-9-17(2)10-15-13)6-5-11-7-16-18(3)8-11/h7-10,12,14H,4-6H2,1-3H3. The van der Waals surface area contributed by atoms with E-state index in [0.717, 1.165) is 25.1 Å². The molecule has 0 radical (unpaired) electrons. The maximum absolute atomic E-state index is 4.43. The lowest BCUT2D eigenvalue weighted by atomic mass is 10.1. The average molecular weight is 247 g/mol. The first-order chi connectivity index (χ1) is 8.69. The first kappa shape index (κ1) is 12.8. The van der Waals surface area contributed by atoms with Crippen LogP contribution in [-0.4, -0.2) is 25.9 Å². The van der Waals surface area contributed by atoms with E-state index in [1.807, 2.05) is 35.9 Å². The van der Waals surface area contributed by atoms with Crippen LogP contribution in [0.3, 0.4) is 0 Å². The van der Waals surface area contributed by atoms with E-state index in [4.69, 9.17) is 0 Å². The van der Waals surface area contributed by atoms with Crippen molar-refractivity contribution in [2.45, 2.75) is 25.8 Å². The molecule has 5 nitrogen and oxygen atoms in total. The summed E-state index contributed by atoms with van der Waals surface area (Å²) >= 11 is 0. The van der Waals surface area contributed by atoms with Crippen LogP contribution in [-0.2, 0) is 20.5 Å². The Labute approximate surface area is 108 Å². The molecule has 0 aromatic carbocycles. The van der Waals surface area contributed by atoms with Gasteiger partial charge in [-0.3, -0.25) is 4.68 Å². The Hall–Kier alpha value is -1.62. The molecule has 0 aliphatic carbocycles. The molecule has 2 aromatic heterocycles. The minimum Gasteiger partial charge on any atom is -0.340 e. The molecule has 98 valence electrons. The zero-order chi connectivity index (χ0) is 13.0. The summed E-state index contributed by atoms with van der Waals surface area (Å²) < 4.78 is 3.84. The van der Waals surface area contributed by atoms with Gasteiger partial charge in [0.05, 0.1) is 24.3 Å². The summed E-state index contributed by atoms with van der Waals surface area (Å²) in [5.74, 6) is 0. The Morgan fingerprint density at radius 3 is 2.72 bits per heavy atom. The zero-order valence-corrected chi connectivity index (χ0v) is 11.3. The quantitative estimate of drug-likeness (QED) is 0.840. The molecule has 1 N–H and O–H groups in total. The van der Waals surface area contributed by atoms with Crippen LogP contribution >= 0.6 is 0 Å². The summed E-state index contributed by atoms with van der Waals surface area (Å²) in [7, 11) is 3.95. The summed E-state index contributed by atoms with van der Waals surface area (Å²) in [6, 6.07) is 0.316. The maximum atomic E-state index is 4.43. The number of hydrogen-bond donors (Lipinski definition) is 1. The van der Waals surface area contributed by atoms with E-state index in [9.17, 15) is 0 Å². The van der Waals surface area contributed by atoms with Crippen LogP contribution in [0.25, 0.3) is 0 Å². The third kappa shape index (κ3) is 3.20. The first-order valence-corrected chi connectivity index (χ1v) is 6.37. The molecule has 0 amide bonds. The highest BCUT2D eigenvalue weighted by Gasteiger charge is 2.13. The second kappa shape index (κ2) is 5.82. The monoisotopic (exact) mass is 247 g/mol. The Morgan fingerprint density at radius 1 is 1.33 bits per heavy atom. The van der Waals surface area contributed by atoms with Gasteiger partial charge in [-0.1, -0.05) is 6.92 Å². The van der Waals surface area contributed by atoms with Gasteiger partial charge < -0.3 is 9.88 Å². The minimum atomic E-state index is 0.316. The van der Waals surface area contributed by atoms with Gasteiger partial charge in [-0.2, -0.15) is 5.10 Å². The molecule has 0 spiro atoms. The van der Waals surface area contributed by atoms with Gasteiger partial charge in [-0.25, -0.2) is 4.98 Å². The normalized spacial score (nSPS) is 12.8. The molecule has 0 bridgehead atoms. The average Bonchev–Trinajstić information content (AvgIpc) is 2.94. The molecule has 0 saturated carbocycles. The van der Waals surface area contributed by atoms with Crippen molar-refractivity contribution in [2.75, 3.05) is 6.54 Å². The largest absolute Gasteiger partial charge is 0.340 e. The number of hydrogen-bond acceptors (Lipinski definition) is 3. The van der Waals surface area contributed by atoms with E-state index < -0.39 is 0 Å². The Morgan fingerprint density at radius 2 is 2.17 bits per heavy atom. The van der Waals surface area contributed by atoms with E-state index >= 15 is 0 Å². The smallest absolute Gasteiger partial charge is 0.0947 e. The van der Waals surface area contributed by atoms with Crippen LogP contribution in [0.15, 0.2) is 24.9 Å². The molecule has 0 saturated heterocycles. The SMILES string of the molecule is CCNC(CCc1cnn(C)c1)c1cn(C)cn1. The van der Waals surface area contributed by atoms with E-state index in [1.54, 1.807) is 0 Å². The van der Waals surface area contributed by atoms with Crippen molar-refractivity contribution in [1.29, 1.82) is 0 Å². The molecular formula is C13H21N5. The number of nitrogens with zero attached hydrogens (tertiary/aromatic N) is 4. The predicted octanol–water partition coefficient (Wildman–Crippen LogP) is 1.44. The molecule has 5 heteroatoms. The van der Waals surface area contributed by atoms with Crippen LogP contribution in [0.5, 0.6) is 0 Å². The number of rotatable bonds is 6. The summed E-state index contributed by atoms with van der Waals surface area (Å²) in [4.78, 5) is 4.43. The van der Waals surface area contributed by atoms with Gasteiger partial charge in [-0.05, 0) is 24.9 Å². The fourth-order valence-corrected chi connectivity index (χ4v) is 2.13. The second-order valence-corrected chi connectivity index (χ2v) is 4.64. The number of aromatic nitrogens is 4. The molecule has 18 heavy (non-hydrogen) atoms. The molecule has 0 aliphatic heterocycles. The summed E-state index contributed by atoms with van der Waals surface area (Å²) in [5, 5.41) is 7.68. The molecule has 1 unspecified atom stereocenters. The molecule has 2 aromatic rings. The van der Waals surface area contributed by atoms with Crippen molar-refractivity contribution in [3.8, 4) is 0 Å². The van der Waals surface area contributed by atoms with Gasteiger partial charge in [0.15, 0.2) is 0 Å². The molecule has 0 aliphatic rings. The van der Waals surface area contributed by atoms with Crippen LogP contribution in [0.2, 0.25) is 0 Å². The van der Waals surface area contributed by atoms with Crippen molar-refractivity contribution < 1.29 is 0 Å². The van der Waals surface area contributed by atoms with Crippen molar-refractivity contribution in [2.24, 2.45) is 14.1 Å². The predicted molar refractivity (Wildman–Crippen MR) is 71.2 cm³/mol. The van der Waals surface area contributed by atoms with Gasteiger partial charge in [0.1, 0.15) is 0 Å². The topological polar surface area (TPSA) is 47.7 Å². The van der Waals surface area contributed by atoms with Crippen molar-refractivity contribution in [3.63, 3.8) is 0 Å². The molecule has 2 heterocycles. The Kier molecular flexibility index (Phi) is 4.15. The highest BCUT2D eigenvalue weighted by molar-refractivity contribution is 5.08. The molecule has 0 fully saturated rings. The summed E-state index contributed by atoms with van der Waals surface area (Å²) in [5.41, 5.74) is 2.39. The number of nitrogens with one attached hydrogen (secondary N) is 1. The molecular weight excluding hydrogens is 226 g/mol. The van der Waals surface area contributed by atoms with Gasteiger partial charge >= 0.3 is 0 Å². The summed E-state index contributed by atoms with van der Waals surface area (Å²) in [6.45, 7) is 3.08. The Balaban J connectivity index is 1.98. The van der Waals surface area contributed by atoms with E-state index in [1.165, 1.54) is 5.56 Å². The van der Waals surface area contributed by atoms with Crippen LogP contribution in [0.1, 0.15) is 30.6 Å². The second-order valence-electron chi connectivity index (χ2n) is 4.64. The fourth-order valence-electron chi connectivity index (χ4n) is 2.13. The van der Waals surface area contributed by atoms with Crippen molar-refractivity contribution >= 4 is 0 Å². The van der Waals surface area contributed by atoms with Crippen molar-refractivity contribution in [1.82, 2.24) is 24.6 Å². The zero-order valence-electron chi connectivity index (χ0n) is 11.3. The lowest BCUT2D eigenvalue weighted by molar-refractivity contribution is 0.505. The highest BCUT2D eigenvalue weighted by Crippen LogP contribution is 2.17. The molecule has 1 atom stereocenters. The lowest BCUT2D eigenvalue weighted by Gasteiger charge is -2.15. The van der Waals surface area contributed by atoms with Gasteiger partial charge in [0.25, 0.3) is 0 Å². The first-order valence-electron chi connectivity index (χ1n) is 6.37. The van der Waals surface area contributed by atoms with Crippen LogP contribution in [0, 0.1) is 0 Å².